The summed E-state index contributed by atoms with van der Waals surface area (Å²) in [6.45, 7) is -0.499. The van der Waals surface area contributed by atoms with Gasteiger partial charge in [0, 0.05) is 5.56 Å². The van der Waals surface area contributed by atoms with E-state index in [1.807, 2.05) is 18.2 Å². The van der Waals surface area contributed by atoms with Crippen molar-refractivity contribution in [1.29, 1.82) is 0 Å². The summed E-state index contributed by atoms with van der Waals surface area (Å²) in [7, 11) is 0. The Morgan fingerprint density at radius 1 is 0.900 bits per heavy atom. The van der Waals surface area contributed by atoms with Gasteiger partial charge in [-0.15, -0.1) is 0 Å². The van der Waals surface area contributed by atoms with Gasteiger partial charge in [0.1, 0.15) is 17.2 Å². The van der Waals surface area contributed by atoms with Crippen LogP contribution in [0.2, 0.25) is 0 Å². The standard InChI is InChI=1S/C23H17NO6/c25-20(15-9-10-21-19(12-15)24-22(26)14-28-21)13-29-23(27)16-5-4-8-18(11-16)30-17-6-2-1-3-7-17/h1-12H,13-14H2,(H,24,26). The first-order chi connectivity index (χ1) is 14.6. The van der Waals surface area contributed by atoms with E-state index >= 15 is 0 Å². The smallest absolute Gasteiger partial charge is 0.338 e. The van der Waals surface area contributed by atoms with E-state index in [2.05, 4.69) is 5.32 Å². The predicted octanol–water partition coefficient (Wildman–Crippen LogP) is 3.85. The fourth-order valence-electron chi connectivity index (χ4n) is 2.87. The van der Waals surface area contributed by atoms with E-state index in [1.54, 1.807) is 48.5 Å². The Morgan fingerprint density at radius 3 is 2.53 bits per heavy atom. The van der Waals surface area contributed by atoms with Gasteiger partial charge in [-0.2, -0.15) is 0 Å². The van der Waals surface area contributed by atoms with E-state index in [-0.39, 0.29) is 18.1 Å². The maximum absolute atomic E-state index is 12.4. The number of nitrogens with one attached hydrogen (secondary N) is 1. The molecular weight excluding hydrogens is 386 g/mol. The molecule has 0 saturated heterocycles. The van der Waals surface area contributed by atoms with Crippen molar-refractivity contribution < 1.29 is 28.6 Å². The van der Waals surface area contributed by atoms with Gasteiger partial charge in [0.25, 0.3) is 5.91 Å². The molecule has 1 aliphatic heterocycles. The summed E-state index contributed by atoms with van der Waals surface area (Å²) in [6.07, 6.45) is 0. The highest BCUT2D eigenvalue weighted by Crippen LogP contribution is 2.28. The molecule has 0 atom stereocenters. The van der Waals surface area contributed by atoms with E-state index in [9.17, 15) is 14.4 Å². The molecule has 1 N–H and O–H groups in total. The molecule has 0 aliphatic carbocycles. The van der Waals surface area contributed by atoms with Crippen LogP contribution in [0.15, 0.2) is 72.8 Å². The van der Waals surface area contributed by atoms with Crippen LogP contribution in [0.5, 0.6) is 17.2 Å². The second-order valence-electron chi connectivity index (χ2n) is 6.49. The molecule has 0 unspecified atom stereocenters. The molecule has 0 fully saturated rings. The van der Waals surface area contributed by atoms with Crippen LogP contribution in [0.1, 0.15) is 20.7 Å². The van der Waals surface area contributed by atoms with Gasteiger partial charge in [-0.3, -0.25) is 9.59 Å². The van der Waals surface area contributed by atoms with Crippen molar-refractivity contribution in [3.05, 3.63) is 83.9 Å². The molecule has 30 heavy (non-hydrogen) atoms. The average Bonchev–Trinajstić information content (AvgIpc) is 2.77. The van der Waals surface area contributed by atoms with Gasteiger partial charge in [-0.05, 0) is 48.5 Å². The first-order valence-corrected chi connectivity index (χ1v) is 9.18. The summed E-state index contributed by atoms with van der Waals surface area (Å²) in [5.41, 5.74) is 0.977. The van der Waals surface area contributed by atoms with E-state index in [1.165, 1.54) is 6.07 Å². The Balaban J connectivity index is 1.39. The van der Waals surface area contributed by atoms with Crippen molar-refractivity contribution in [3.63, 3.8) is 0 Å². The van der Waals surface area contributed by atoms with Crippen molar-refractivity contribution in [2.75, 3.05) is 18.5 Å². The monoisotopic (exact) mass is 403 g/mol. The molecule has 0 saturated carbocycles. The minimum absolute atomic E-state index is 0.0645. The molecule has 0 bridgehead atoms. The highest BCUT2D eigenvalue weighted by atomic mass is 16.5. The van der Waals surface area contributed by atoms with Gasteiger partial charge >= 0.3 is 5.97 Å². The third-order valence-electron chi connectivity index (χ3n) is 4.32. The quantitative estimate of drug-likeness (QED) is 0.497. The van der Waals surface area contributed by atoms with Crippen LogP contribution in [0.3, 0.4) is 0 Å². The Bertz CT molecular complexity index is 1110. The second-order valence-corrected chi connectivity index (χ2v) is 6.49. The zero-order valence-electron chi connectivity index (χ0n) is 15.8. The minimum Gasteiger partial charge on any atom is -0.482 e. The number of amides is 1. The van der Waals surface area contributed by atoms with Crippen molar-refractivity contribution >= 4 is 23.3 Å². The molecule has 1 aliphatic rings. The Hall–Kier alpha value is -4.13. The summed E-state index contributed by atoms with van der Waals surface area (Å²) in [5.74, 6) is 0.266. The van der Waals surface area contributed by atoms with Gasteiger partial charge in [0.2, 0.25) is 0 Å². The van der Waals surface area contributed by atoms with Crippen molar-refractivity contribution in [2.24, 2.45) is 0 Å². The number of para-hydroxylation sites is 1. The predicted molar refractivity (Wildman–Crippen MR) is 108 cm³/mol. The maximum atomic E-state index is 12.4. The normalized spacial score (nSPS) is 12.2. The molecule has 1 heterocycles. The highest BCUT2D eigenvalue weighted by molar-refractivity contribution is 6.02. The number of rotatable bonds is 6. The molecule has 0 radical (unpaired) electrons. The highest BCUT2D eigenvalue weighted by Gasteiger charge is 2.19. The van der Waals surface area contributed by atoms with E-state index in [4.69, 9.17) is 14.2 Å². The average molecular weight is 403 g/mol. The summed E-state index contributed by atoms with van der Waals surface area (Å²) in [4.78, 5) is 36.2. The molecule has 3 aromatic carbocycles. The van der Waals surface area contributed by atoms with Gasteiger partial charge in [0.05, 0.1) is 11.3 Å². The fourth-order valence-corrected chi connectivity index (χ4v) is 2.87. The van der Waals surface area contributed by atoms with Gasteiger partial charge < -0.3 is 19.5 Å². The maximum Gasteiger partial charge on any atom is 0.338 e. The van der Waals surface area contributed by atoms with Crippen LogP contribution in [0.25, 0.3) is 0 Å². The number of carbonyl (C=O) groups excluding carboxylic acids is 3. The second kappa shape index (κ2) is 8.48. The van der Waals surface area contributed by atoms with Crippen LogP contribution >= 0.6 is 0 Å². The number of anilines is 1. The van der Waals surface area contributed by atoms with Crippen LogP contribution in [0.4, 0.5) is 5.69 Å². The summed E-state index contributed by atoms with van der Waals surface area (Å²) in [5, 5.41) is 2.63. The number of fused-ring (bicyclic) bond motifs is 1. The largest absolute Gasteiger partial charge is 0.482 e. The lowest BCUT2D eigenvalue weighted by Gasteiger charge is -2.18. The molecule has 0 aromatic heterocycles. The SMILES string of the molecule is O=C1COc2ccc(C(=O)COC(=O)c3cccc(Oc4ccccc4)c3)cc2N1. The fraction of sp³-hybridized carbons (Fsp3) is 0.0870. The Morgan fingerprint density at radius 2 is 1.70 bits per heavy atom. The van der Waals surface area contributed by atoms with E-state index < -0.39 is 18.4 Å². The summed E-state index contributed by atoms with van der Waals surface area (Å²) < 4.78 is 16.1. The molecule has 150 valence electrons. The number of ketones is 1. The molecular formula is C23H17NO6. The van der Waals surface area contributed by atoms with Crippen LogP contribution < -0.4 is 14.8 Å². The van der Waals surface area contributed by atoms with Gasteiger partial charge in [-0.25, -0.2) is 4.79 Å². The number of benzene rings is 3. The third-order valence-corrected chi connectivity index (χ3v) is 4.32. The first-order valence-electron chi connectivity index (χ1n) is 9.18. The summed E-state index contributed by atoms with van der Waals surface area (Å²) in [6, 6.07) is 20.3. The molecule has 4 rings (SSSR count). The van der Waals surface area contributed by atoms with E-state index in [0.717, 1.165) is 0 Å². The first kappa shape index (κ1) is 19.2. The number of hydrogen-bond acceptors (Lipinski definition) is 6. The third kappa shape index (κ3) is 4.47. The minimum atomic E-state index is -0.642. The zero-order chi connectivity index (χ0) is 20.9. The van der Waals surface area contributed by atoms with Crippen molar-refractivity contribution in [1.82, 2.24) is 0 Å². The number of ether oxygens (including phenoxy) is 3. The number of carbonyl (C=O) groups is 3. The van der Waals surface area contributed by atoms with Crippen LogP contribution in [-0.4, -0.2) is 30.9 Å². The summed E-state index contributed by atoms with van der Waals surface area (Å²) >= 11 is 0. The number of Topliss-reactive ketones (excluding diaryl/α,β-unsaturated/α-hetero) is 1. The Kier molecular flexibility index (Phi) is 5.43. The topological polar surface area (TPSA) is 90.9 Å². The molecule has 0 spiro atoms. The molecule has 1 amide bonds. The lowest BCUT2D eigenvalue weighted by Crippen LogP contribution is -2.25. The van der Waals surface area contributed by atoms with Gasteiger partial charge in [0.15, 0.2) is 19.0 Å². The van der Waals surface area contributed by atoms with E-state index in [0.29, 0.717) is 28.5 Å². The lowest BCUT2D eigenvalue weighted by atomic mass is 10.1. The molecule has 7 nitrogen and oxygen atoms in total. The Labute approximate surface area is 172 Å². The molecule has 7 heteroatoms. The van der Waals surface area contributed by atoms with Crippen molar-refractivity contribution in [3.8, 4) is 17.2 Å². The van der Waals surface area contributed by atoms with Crippen molar-refractivity contribution in [2.45, 2.75) is 0 Å². The van der Waals surface area contributed by atoms with Crippen LogP contribution in [0, 0.1) is 0 Å². The zero-order valence-corrected chi connectivity index (χ0v) is 15.8. The number of esters is 1. The van der Waals surface area contributed by atoms with Crippen LogP contribution in [-0.2, 0) is 9.53 Å². The lowest BCUT2D eigenvalue weighted by molar-refractivity contribution is -0.118. The van der Waals surface area contributed by atoms with Gasteiger partial charge in [-0.1, -0.05) is 24.3 Å². The molecule has 3 aromatic rings. The number of hydrogen-bond donors (Lipinski definition) is 1.